The Morgan fingerprint density at radius 2 is 2.33 bits per heavy atom. The maximum atomic E-state index is 9.06. The molecule has 30 valence electrons. The van der Waals surface area contributed by atoms with Crippen LogP contribution < -0.4 is 29.6 Å². The van der Waals surface area contributed by atoms with Crippen molar-refractivity contribution in [2.75, 3.05) is 6.61 Å². The van der Waals surface area contributed by atoms with Gasteiger partial charge in [-0.1, -0.05) is 6.47 Å². The first-order chi connectivity index (χ1) is 2.41. The number of ether oxygens (including phenoxy) is 1. The van der Waals surface area contributed by atoms with Gasteiger partial charge in [0.25, 0.3) is 0 Å². The molecule has 0 spiro atoms. The van der Waals surface area contributed by atoms with Crippen molar-refractivity contribution in [2.45, 2.75) is 6.92 Å². The molecule has 0 aromatic rings. The molecule has 0 bridgehead atoms. The number of rotatable bonds is 2. The minimum Gasteiger partial charge on any atom is -0.653 e. The number of hydrogen-bond acceptors (Lipinski definition) is 2. The SMILES string of the molecule is CCO[C-]=O.[Na+]. The summed E-state index contributed by atoms with van der Waals surface area (Å²) in [5.74, 6) is 0. The van der Waals surface area contributed by atoms with E-state index in [4.69, 9.17) is 4.79 Å². The second-order valence-electron chi connectivity index (χ2n) is 0.516. The smallest absolute Gasteiger partial charge is 0.653 e. The van der Waals surface area contributed by atoms with Crippen LogP contribution in [0.25, 0.3) is 0 Å². The van der Waals surface area contributed by atoms with Gasteiger partial charge in [-0.05, 0) is 6.92 Å². The van der Waals surface area contributed by atoms with Crippen molar-refractivity contribution in [3.05, 3.63) is 0 Å². The summed E-state index contributed by atoms with van der Waals surface area (Å²) in [6, 6.07) is 0. The Bertz CT molecular complexity index is 30.0. The summed E-state index contributed by atoms with van der Waals surface area (Å²) in [4.78, 5) is 9.06. The van der Waals surface area contributed by atoms with E-state index in [-0.39, 0.29) is 29.6 Å². The summed E-state index contributed by atoms with van der Waals surface area (Å²) in [6.45, 7) is 3.41. The van der Waals surface area contributed by atoms with Gasteiger partial charge in [0, 0.05) is 6.61 Å². The Labute approximate surface area is 59.2 Å². The fraction of sp³-hybridized carbons (Fsp3) is 0.667. The predicted molar refractivity (Wildman–Crippen MR) is 17.3 cm³/mol. The van der Waals surface area contributed by atoms with E-state index in [9.17, 15) is 0 Å². The normalized spacial score (nSPS) is 5.50. The summed E-state index contributed by atoms with van der Waals surface area (Å²) in [6.07, 6.45) is 0. The first kappa shape index (κ1) is 9.69. The molecular weight excluding hydrogens is 91.0 g/mol. The third-order valence-corrected chi connectivity index (χ3v) is 0.203. The molecule has 0 heterocycles. The van der Waals surface area contributed by atoms with Gasteiger partial charge in [0.05, 0.1) is 0 Å². The average molecular weight is 96.1 g/mol. The summed E-state index contributed by atoms with van der Waals surface area (Å²) in [5.41, 5.74) is 0. The first-order valence-electron chi connectivity index (χ1n) is 1.40. The molecule has 0 rings (SSSR count). The number of carbonyl (C=O) groups excluding carboxylic acids is 1. The van der Waals surface area contributed by atoms with E-state index in [1.807, 2.05) is 0 Å². The zero-order chi connectivity index (χ0) is 4.12. The molecule has 0 radical (unpaired) electrons. The van der Waals surface area contributed by atoms with Crippen molar-refractivity contribution in [3.63, 3.8) is 0 Å². The van der Waals surface area contributed by atoms with Gasteiger partial charge in [-0.15, -0.1) is 0 Å². The van der Waals surface area contributed by atoms with Crippen molar-refractivity contribution < 1.29 is 39.1 Å². The monoisotopic (exact) mass is 96.0 g/mol. The molecule has 0 atom stereocenters. The van der Waals surface area contributed by atoms with Crippen molar-refractivity contribution >= 4 is 6.47 Å². The quantitative estimate of drug-likeness (QED) is 0.272. The van der Waals surface area contributed by atoms with Crippen molar-refractivity contribution in [1.82, 2.24) is 0 Å². The van der Waals surface area contributed by atoms with Crippen LogP contribution in [0.3, 0.4) is 0 Å². The molecule has 0 N–H and O–H groups in total. The molecular formula is C3H5NaO2. The van der Waals surface area contributed by atoms with Crippen LogP contribution in [0, 0.1) is 0 Å². The second kappa shape index (κ2) is 9.08. The van der Waals surface area contributed by atoms with Crippen LogP contribution >= 0.6 is 0 Å². The summed E-state index contributed by atoms with van der Waals surface area (Å²) < 4.78 is 4.03. The fourth-order valence-corrected chi connectivity index (χ4v) is 0.0589. The standard InChI is InChI=1S/C3H5O2.Na/c1-2-5-3-4;/h2H2,1H3;/q-1;+1. The molecule has 0 aliphatic rings. The third kappa shape index (κ3) is 8.82. The zero-order valence-electron chi connectivity index (χ0n) is 4.02. The largest absolute Gasteiger partial charge is 1.00 e. The third-order valence-electron chi connectivity index (χ3n) is 0.203. The van der Waals surface area contributed by atoms with E-state index in [2.05, 4.69) is 4.74 Å². The molecule has 0 aromatic heterocycles. The van der Waals surface area contributed by atoms with Gasteiger partial charge in [-0.3, -0.25) is 0 Å². The van der Waals surface area contributed by atoms with Crippen molar-refractivity contribution in [3.8, 4) is 0 Å². The fourth-order valence-electron chi connectivity index (χ4n) is 0.0589. The minimum atomic E-state index is 0. The summed E-state index contributed by atoms with van der Waals surface area (Å²) >= 11 is 0. The van der Waals surface area contributed by atoms with Crippen LogP contribution in [0.2, 0.25) is 0 Å². The minimum absolute atomic E-state index is 0. The van der Waals surface area contributed by atoms with Gasteiger partial charge in [0.2, 0.25) is 0 Å². The van der Waals surface area contributed by atoms with Crippen molar-refractivity contribution in [1.29, 1.82) is 0 Å². The summed E-state index contributed by atoms with van der Waals surface area (Å²) in [7, 11) is 0. The van der Waals surface area contributed by atoms with Gasteiger partial charge >= 0.3 is 29.6 Å². The summed E-state index contributed by atoms with van der Waals surface area (Å²) in [5, 5.41) is 0. The molecule has 2 nitrogen and oxygen atoms in total. The second-order valence-corrected chi connectivity index (χ2v) is 0.516. The molecule has 0 saturated carbocycles. The van der Waals surface area contributed by atoms with Gasteiger partial charge in [0.15, 0.2) is 0 Å². The molecule has 3 heteroatoms. The molecule has 0 unspecified atom stereocenters. The van der Waals surface area contributed by atoms with E-state index in [0.29, 0.717) is 6.61 Å². The van der Waals surface area contributed by atoms with E-state index < -0.39 is 0 Å². The Balaban J connectivity index is 0. The predicted octanol–water partition coefficient (Wildman–Crippen LogP) is -2.91. The van der Waals surface area contributed by atoms with Crippen LogP contribution in [0.1, 0.15) is 6.92 Å². The van der Waals surface area contributed by atoms with Gasteiger partial charge < -0.3 is 9.53 Å². The molecule has 0 fully saturated rings. The Morgan fingerprint density at radius 1 is 1.83 bits per heavy atom. The van der Waals surface area contributed by atoms with Gasteiger partial charge in [0.1, 0.15) is 0 Å². The molecule has 0 saturated heterocycles. The Morgan fingerprint density at radius 3 is 2.33 bits per heavy atom. The van der Waals surface area contributed by atoms with E-state index >= 15 is 0 Å². The molecule has 0 amide bonds. The maximum Gasteiger partial charge on any atom is 1.00 e. The first-order valence-corrected chi connectivity index (χ1v) is 1.40. The van der Waals surface area contributed by atoms with Gasteiger partial charge in [-0.25, -0.2) is 0 Å². The topological polar surface area (TPSA) is 26.3 Å². The Hall–Kier alpha value is 0.470. The van der Waals surface area contributed by atoms with Crippen LogP contribution in [-0.2, 0) is 9.53 Å². The van der Waals surface area contributed by atoms with E-state index in [1.165, 1.54) is 6.47 Å². The van der Waals surface area contributed by atoms with E-state index in [1.54, 1.807) is 6.92 Å². The average Bonchev–Trinajstić information content (AvgIpc) is 1.41. The zero-order valence-corrected chi connectivity index (χ0v) is 6.02. The van der Waals surface area contributed by atoms with Crippen LogP contribution in [0.5, 0.6) is 0 Å². The molecule has 0 aliphatic carbocycles. The number of hydrogen-bond donors (Lipinski definition) is 0. The van der Waals surface area contributed by atoms with Crippen molar-refractivity contribution in [2.24, 2.45) is 0 Å². The molecule has 0 aliphatic heterocycles. The van der Waals surface area contributed by atoms with Crippen LogP contribution in [0.15, 0.2) is 0 Å². The molecule has 6 heavy (non-hydrogen) atoms. The maximum absolute atomic E-state index is 9.06. The molecule has 0 aromatic carbocycles. The Kier molecular flexibility index (Phi) is 14.7. The van der Waals surface area contributed by atoms with Crippen LogP contribution in [0.4, 0.5) is 0 Å². The van der Waals surface area contributed by atoms with Crippen LogP contribution in [-0.4, -0.2) is 13.1 Å². The van der Waals surface area contributed by atoms with E-state index in [0.717, 1.165) is 0 Å². The van der Waals surface area contributed by atoms with Gasteiger partial charge in [-0.2, -0.15) is 0 Å².